The maximum Gasteiger partial charge on any atom is 0.422 e. The van der Waals surface area contributed by atoms with Gasteiger partial charge in [0, 0.05) is 13.1 Å². The van der Waals surface area contributed by atoms with E-state index < -0.39 is 24.8 Å². The van der Waals surface area contributed by atoms with Gasteiger partial charge in [-0.05, 0) is 13.8 Å². The maximum absolute atomic E-state index is 11.8. The number of halogens is 3. The van der Waals surface area contributed by atoms with Crippen molar-refractivity contribution in [1.82, 2.24) is 10.2 Å². The standard InChI is InChI=1S/C9H15F3N2O3/c1-3-13-7(15)5-14(4-2)8(16)17-6-9(10,11)12/h3-6H2,1-2H3,(H,13,15). The van der Waals surface area contributed by atoms with Crippen molar-refractivity contribution in [2.75, 3.05) is 26.2 Å². The van der Waals surface area contributed by atoms with Gasteiger partial charge >= 0.3 is 12.3 Å². The summed E-state index contributed by atoms with van der Waals surface area (Å²) < 4.78 is 39.4. The molecule has 0 spiro atoms. The van der Waals surface area contributed by atoms with Crippen LogP contribution in [0.2, 0.25) is 0 Å². The van der Waals surface area contributed by atoms with E-state index in [2.05, 4.69) is 10.1 Å². The van der Waals surface area contributed by atoms with Crippen LogP contribution in [0, 0.1) is 0 Å². The molecule has 0 rings (SSSR count). The lowest BCUT2D eigenvalue weighted by atomic mass is 10.5. The minimum Gasteiger partial charge on any atom is -0.440 e. The summed E-state index contributed by atoms with van der Waals surface area (Å²) in [5, 5.41) is 2.43. The van der Waals surface area contributed by atoms with Crippen LogP contribution in [0.4, 0.5) is 18.0 Å². The number of alkyl halides is 3. The van der Waals surface area contributed by atoms with E-state index in [0.29, 0.717) is 6.54 Å². The lowest BCUT2D eigenvalue weighted by Crippen LogP contribution is -2.41. The molecule has 0 fully saturated rings. The number of nitrogens with one attached hydrogen (secondary N) is 1. The minimum atomic E-state index is -4.57. The fourth-order valence-electron chi connectivity index (χ4n) is 0.967. The second-order valence-electron chi connectivity index (χ2n) is 3.14. The molecule has 2 amide bonds. The summed E-state index contributed by atoms with van der Waals surface area (Å²) in [5.74, 6) is -0.446. The zero-order valence-corrected chi connectivity index (χ0v) is 9.63. The monoisotopic (exact) mass is 256 g/mol. The van der Waals surface area contributed by atoms with Gasteiger partial charge in [0.1, 0.15) is 6.54 Å². The number of nitrogens with zero attached hydrogens (tertiary/aromatic N) is 1. The van der Waals surface area contributed by atoms with Gasteiger partial charge in [0.25, 0.3) is 0 Å². The topological polar surface area (TPSA) is 58.6 Å². The molecule has 0 atom stereocenters. The van der Waals surface area contributed by atoms with Crippen LogP contribution in [0.25, 0.3) is 0 Å². The molecule has 0 aliphatic rings. The molecule has 8 heteroatoms. The van der Waals surface area contributed by atoms with Crippen molar-refractivity contribution in [3.63, 3.8) is 0 Å². The SMILES string of the molecule is CCNC(=O)CN(CC)C(=O)OCC(F)(F)F. The Bertz CT molecular complexity index is 269. The molecule has 5 nitrogen and oxygen atoms in total. The molecule has 0 aromatic carbocycles. The van der Waals surface area contributed by atoms with Crippen LogP contribution in [0.3, 0.4) is 0 Å². The predicted molar refractivity (Wildman–Crippen MR) is 53.3 cm³/mol. The number of ether oxygens (including phenoxy) is 1. The van der Waals surface area contributed by atoms with E-state index in [0.717, 1.165) is 4.90 Å². The van der Waals surface area contributed by atoms with E-state index in [1.165, 1.54) is 6.92 Å². The minimum absolute atomic E-state index is 0.0911. The largest absolute Gasteiger partial charge is 0.440 e. The van der Waals surface area contributed by atoms with Gasteiger partial charge < -0.3 is 10.1 Å². The van der Waals surface area contributed by atoms with Gasteiger partial charge in [-0.3, -0.25) is 9.69 Å². The Morgan fingerprint density at radius 1 is 1.29 bits per heavy atom. The fraction of sp³-hybridized carbons (Fsp3) is 0.778. The van der Waals surface area contributed by atoms with Crippen LogP contribution < -0.4 is 5.32 Å². The molecule has 0 radical (unpaired) electrons. The molecule has 0 unspecified atom stereocenters. The van der Waals surface area contributed by atoms with Gasteiger partial charge in [0.05, 0.1) is 0 Å². The maximum atomic E-state index is 11.8. The summed E-state index contributed by atoms with van der Waals surface area (Å²) in [4.78, 5) is 23.2. The van der Waals surface area contributed by atoms with Crippen molar-refractivity contribution in [1.29, 1.82) is 0 Å². The number of hydrogen-bond donors (Lipinski definition) is 1. The molecule has 17 heavy (non-hydrogen) atoms. The van der Waals surface area contributed by atoms with E-state index in [-0.39, 0.29) is 13.1 Å². The van der Waals surface area contributed by atoms with Crippen LogP contribution in [-0.2, 0) is 9.53 Å². The molecule has 0 bridgehead atoms. The summed E-state index contributed by atoms with van der Waals surface area (Å²) in [5.41, 5.74) is 0. The van der Waals surface area contributed by atoms with E-state index in [1.54, 1.807) is 6.92 Å². The highest BCUT2D eigenvalue weighted by Crippen LogP contribution is 2.15. The van der Waals surface area contributed by atoms with Gasteiger partial charge in [0.2, 0.25) is 5.91 Å². The Balaban J connectivity index is 4.17. The first kappa shape index (κ1) is 15.5. The molecule has 100 valence electrons. The van der Waals surface area contributed by atoms with Crippen molar-refractivity contribution in [3.05, 3.63) is 0 Å². The fourth-order valence-corrected chi connectivity index (χ4v) is 0.967. The third-order valence-electron chi connectivity index (χ3n) is 1.71. The molecule has 0 aromatic heterocycles. The van der Waals surface area contributed by atoms with Crippen LogP contribution in [0.5, 0.6) is 0 Å². The zero-order chi connectivity index (χ0) is 13.5. The quantitative estimate of drug-likeness (QED) is 0.802. The van der Waals surface area contributed by atoms with E-state index in [1.807, 2.05) is 0 Å². The first-order chi connectivity index (χ1) is 7.80. The Hall–Kier alpha value is -1.47. The first-order valence-corrected chi connectivity index (χ1v) is 5.05. The number of likely N-dealkylation sites (N-methyl/N-ethyl adjacent to an activating group) is 2. The lowest BCUT2D eigenvalue weighted by molar-refractivity contribution is -0.162. The molecular weight excluding hydrogens is 241 g/mol. The number of carbonyl (C=O) groups excluding carboxylic acids is 2. The number of carbonyl (C=O) groups is 2. The van der Waals surface area contributed by atoms with Gasteiger partial charge in [0.15, 0.2) is 6.61 Å². The Morgan fingerprint density at radius 3 is 2.29 bits per heavy atom. The molecule has 0 saturated heterocycles. The van der Waals surface area contributed by atoms with Gasteiger partial charge in [-0.25, -0.2) is 4.79 Å². The van der Waals surface area contributed by atoms with E-state index in [9.17, 15) is 22.8 Å². The molecule has 0 aliphatic heterocycles. The van der Waals surface area contributed by atoms with Crippen LogP contribution >= 0.6 is 0 Å². The van der Waals surface area contributed by atoms with Crippen LogP contribution in [0.15, 0.2) is 0 Å². The van der Waals surface area contributed by atoms with Gasteiger partial charge in [-0.1, -0.05) is 0 Å². The van der Waals surface area contributed by atoms with Crippen LogP contribution in [0.1, 0.15) is 13.8 Å². The van der Waals surface area contributed by atoms with Gasteiger partial charge in [-0.2, -0.15) is 13.2 Å². The molecule has 0 aromatic rings. The van der Waals surface area contributed by atoms with E-state index in [4.69, 9.17) is 0 Å². The van der Waals surface area contributed by atoms with Crippen molar-refractivity contribution < 1.29 is 27.5 Å². The normalized spacial score (nSPS) is 10.9. The van der Waals surface area contributed by atoms with Crippen molar-refractivity contribution >= 4 is 12.0 Å². The van der Waals surface area contributed by atoms with Gasteiger partial charge in [-0.15, -0.1) is 0 Å². The average Bonchev–Trinajstić information content (AvgIpc) is 2.22. The summed E-state index contributed by atoms with van der Waals surface area (Å²) in [6.45, 7) is 1.73. The van der Waals surface area contributed by atoms with E-state index >= 15 is 0 Å². The Morgan fingerprint density at radius 2 is 1.88 bits per heavy atom. The number of rotatable bonds is 5. The summed E-state index contributed by atoms with van der Waals surface area (Å²) in [6, 6.07) is 0. The smallest absolute Gasteiger partial charge is 0.422 e. The van der Waals surface area contributed by atoms with Crippen molar-refractivity contribution in [2.45, 2.75) is 20.0 Å². The lowest BCUT2D eigenvalue weighted by Gasteiger charge is -2.20. The van der Waals surface area contributed by atoms with Crippen LogP contribution in [-0.4, -0.2) is 49.3 Å². The molecule has 0 saturated carbocycles. The van der Waals surface area contributed by atoms with Crippen molar-refractivity contribution in [2.24, 2.45) is 0 Å². The number of hydrogen-bond acceptors (Lipinski definition) is 3. The highest BCUT2D eigenvalue weighted by atomic mass is 19.4. The Kier molecular flexibility index (Phi) is 6.37. The molecular formula is C9H15F3N2O3. The third kappa shape index (κ3) is 7.42. The summed E-state index contributed by atoms with van der Waals surface area (Å²) in [7, 11) is 0. The third-order valence-corrected chi connectivity index (χ3v) is 1.71. The Labute approximate surface area is 96.9 Å². The zero-order valence-electron chi connectivity index (χ0n) is 9.63. The molecule has 1 N–H and O–H groups in total. The number of amides is 2. The highest BCUT2D eigenvalue weighted by Gasteiger charge is 2.30. The summed E-state index contributed by atoms with van der Waals surface area (Å²) >= 11 is 0. The second kappa shape index (κ2) is 6.97. The average molecular weight is 256 g/mol. The summed E-state index contributed by atoms with van der Waals surface area (Å²) in [6.07, 6.45) is -5.73. The molecule has 0 heterocycles. The molecule has 0 aliphatic carbocycles. The second-order valence-corrected chi connectivity index (χ2v) is 3.14. The highest BCUT2D eigenvalue weighted by molar-refractivity contribution is 5.82. The first-order valence-electron chi connectivity index (χ1n) is 5.05. The predicted octanol–water partition coefficient (Wildman–Crippen LogP) is 1.14. The van der Waals surface area contributed by atoms with Crippen molar-refractivity contribution in [3.8, 4) is 0 Å².